The van der Waals surface area contributed by atoms with Gasteiger partial charge >= 0.3 is 5.97 Å². The molecular weight excluding hydrogens is 562 g/mol. The minimum atomic E-state index is -0.764. The predicted octanol–water partition coefficient (Wildman–Crippen LogP) is 6.73. The molecule has 45 heavy (non-hydrogen) atoms. The summed E-state index contributed by atoms with van der Waals surface area (Å²) >= 11 is 0. The number of fused-ring (bicyclic) bond motifs is 6. The van der Waals surface area contributed by atoms with Crippen LogP contribution in [-0.4, -0.2) is 40.8 Å². The van der Waals surface area contributed by atoms with Gasteiger partial charge in [0, 0.05) is 23.0 Å². The Morgan fingerprint density at radius 3 is 2.49 bits per heavy atom. The van der Waals surface area contributed by atoms with Crippen molar-refractivity contribution < 1.29 is 19.1 Å². The van der Waals surface area contributed by atoms with Crippen LogP contribution in [0.2, 0.25) is 0 Å². The number of esters is 1. The van der Waals surface area contributed by atoms with Crippen molar-refractivity contribution in [1.82, 2.24) is 10.3 Å². The maximum absolute atomic E-state index is 13.6. The predicted molar refractivity (Wildman–Crippen MR) is 177 cm³/mol. The van der Waals surface area contributed by atoms with Gasteiger partial charge in [0.1, 0.15) is 17.9 Å². The smallest absolute Gasteiger partial charge is 0.328 e. The number of aromatic nitrogens is 1. The summed E-state index contributed by atoms with van der Waals surface area (Å²) < 4.78 is 6.22. The molecule has 4 N–H and O–H groups in total. The molecule has 246 valence electrons. The van der Waals surface area contributed by atoms with E-state index in [1.165, 1.54) is 32.1 Å². The molecule has 10 atom stereocenters. The third kappa shape index (κ3) is 5.99. The van der Waals surface area contributed by atoms with Crippen LogP contribution < -0.4 is 11.1 Å². The van der Waals surface area contributed by atoms with Gasteiger partial charge in [-0.1, -0.05) is 45.9 Å². The quantitative estimate of drug-likeness (QED) is 0.270. The van der Waals surface area contributed by atoms with Gasteiger partial charge in [-0.2, -0.15) is 0 Å². The topological polar surface area (TPSA) is 114 Å². The molecule has 4 saturated carbocycles. The molecule has 1 amide bonds. The van der Waals surface area contributed by atoms with Crippen molar-refractivity contribution >= 4 is 28.6 Å². The van der Waals surface area contributed by atoms with E-state index in [2.05, 4.69) is 38.0 Å². The summed E-state index contributed by atoms with van der Waals surface area (Å²) in [5, 5.41) is 4.02. The number of ether oxygens (including phenoxy) is 1. The number of para-hydroxylation sites is 1. The van der Waals surface area contributed by atoms with E-state index in [-0.39, 0.29) is 40.6 Å². The van der Waals surface area contributed by atoms with Crippen molar-refractivity contribution in [3.05, 3.63) is 36.0 Å². The van der Waals surface area contributed by atoms with Gasteiger partial charge in [-0.3, -0.25) is 9.59 Å². The number of benzene rings is 1. The Kier molecular flexibility index (Phi) is 8.97. The lowest BCUT2D eigenvalue weighted by Crippen LogP contribution is -2.55. The van der Waals surface area contributed by atoms with E-state index >= 15 is 0 Å². The second-order valence-electron chi connectivity index (χ2n) is 16.1. The van der Waals surface area contributed by atoms with E-state index in [4.69, 9.17) is 10.5 Å². The third-order valence-electron chi connectivity index (χ3n) is 13.2. The molecule has 0 aliphatic heterocycles. The highest BCUT2D eigenvalue weighted by atomic mass is 16.5. The molecule has 7 nitrogen and oxygen atoms in total. The average Bonchev–Trinajstić information content (AvgIpc) is 3.57. The molecule has 1 aromatic carbocycles. The van der Waals surface area contributed by atoms with Crippen molar-refractivity contribution in [3.8, 4) is 0 Å². The lowest BCUT2D eigenvalue weighted by Gasteiger charge is -2.61. The number of carbonyl (C=O) groups excluding carboxylic acids is 3. The van der Waals surface area contributed by atoms with Crippen LogP contribution in [0.5, 0.6) is 0 Å². The van der Waals surface area contributed by atoms with Crippen LogP contribution in [0.3, 0.4) is 0 Å². The zero-order chi connectivity index (χ0) is 32.1. The summed E-state index contributed by atoms with van der Waals surface area (Å²) in [4.78, 5) is 42.6. The van der Waals surface area contributed by atoms with Crippen LogP contribution in [0.4, 0.5) is 0 Å². The number of carbonyl (C=O) groups is 3. The normalized spacial score (nSPS) is 35.6. The number of ketones is 1. The maximum atomic E-state index is 13.6. The number of hydrogen-bond acceptors (Lipinski definition) is 5. The van der Waals surface area contributed by atoms with Crippen LogP contribution in [-0.2, 0) is 25.5 Å². The molecule has 0 radical (unpaired) electrons. The van der Waals surface area contributed by atoms with E-state index < -0.39 is 12.1 Å². The summed E-state index contributed by atoms with van der Waals surface area (Å²) in [5.74, 6) is 2.83. The number of H-pyrrole nitrogens is 1. The van der Waals surface area contributed by atoms with E-state index in [0.29, 0.717) is 42.3 Å². The van der Waals surface area contributed by atoms with Crippen molar-refractivity contribution in [2.75, 3.05) is 0 Å². The number of nitrogens with one attached hydrogen (secondary N) is 2. The molecule has 0 bridgehead atoms. The third-order valence-corrected chi connectivity index (χ3v) is 13.2. The first-order valence-electron chi connectivity index (χ1n) is 17.7. The molecule has 0 saturated heterocycles. The van der Waals surface area contributed by atoms with Gasteiger partial charge in [0.05, 0.1) is 6.04 Å². The lowest BCUT2D eigenvalue weighted by atomic mass is 9.44. The number of amides is 1. The van der Waals surface area contributed by atoms with Crippen LogP contribution >= 0.6 is 0 Å². The fourth-order valence-electron chi connectivity index (χ4n) is 10.8. The molecule has 6 rings (SSSR count). The lowest BCUT2D eigenvalue weighted by molar-refractivity contribution is -0.166. The van der Waals surface area contributed by atoms with Crippen LogP contribution in [0.25, 0.3) is 10.9 Å². The first kappa shape index (κ1) is 32.3. The largest absolute Gasteiger partial charge is 0.461 e. The van der Waals surface area contributed by atoms with Gasteiger partial charge in [-0.25, -0.2) is 4.79 Å². The van der Waals surface area contributed by atoms with Crippen LogP contribution in [0, 0.1) is 46.3 Å². The molecule has 0 spiro atoms. The Morgan fingerprint density at radius 1 is 1.00 bits per heavy atom. The van der Waals surface area contributed by atoms with E-state index in [9.17, 15) is 14.4 Å². The van der Waals surface area contributed by atoms with Gasteiger partial charge in [0.25, 0.3) is 0 Å². The van der Waals surface area contributed by atoms with Gasteiger partial charge in [0.2, 0.25) is 5.91 Å². The number of nitrogens with two attached hydrogens (primary N) is 1. The summed E-state index contributed by atoms with van der Waals surface area (Å²) in [6, 6.07) is 6.51. The molecular formula is C38H55N3O4. The summed E-state index contributed by atoms with van der Waals surface area (Å²) in [7, 11) is 0. The zero-order valence-corrected chi connectivity index (χ0v) is 28.1. The summed E-state index contributed by atoms with van der Waals surface area (Å²) in [5.41, 5.74) is 8.82. The average molecular weight is 618 g/mol. The fraction of sp³-hybridized carbons (Fsp3) is 0.711. The zero-order valence-electron chi connectivity index (χ0n) is 28.1. The number of aromatic amines is 1. The Balaban J connectivity index is 1.07. The molecule has 0 unspecified atom stereocenters. The number of rotatable bonds is 9. The minimum absolute atomic E-state index is 0.110. The molecule has 2 aromatic rings. The molecule has 1 heterocycles. The fourth-order valence-corrected chi connectivity index (χ4v) is 10.8. The molecule has 4 fully saturated rings. The van der Waals surface area contributed by atoms with Crippen molar-refractivity contribution in [3.63, 3.8) is 0 Å². The summed E-state index contributed by atoms with van der Waals surface area (Å²) in [6.07, 6.45) is 12.6. The van der Waals surface area contributed by atoms with E-state index in [1.54, 1.807) is 0 Å². The second-order valence-corrected chi connectivity index (χ2v) is 16.1. The van der Waals surface area contributed by atoms with E-state index in [0.717, 1.165) is 42.1 Å². The highest BCUT2D eigenvalue weighted by Gasteiger charge is 2.61. The number of Topliss-reactive ketones (excluding diaryl/α,β-unsaturated/α-hetero) is 1. The number of hydrogen-bond donors (Lipinski definition) is 3. The van der Waals surface area contributed by atoms with Crippen molar-refractivity contribution in [2.45, 2.75) is 123 Å². The Labute approximate surface area is 269 Å². The van der Waals surface area contributed by atoms with Crippen molar-refractivity contribution in [2.24, 2.45) is 52.1 Å². The SMILES string of the molecule is CC(=O)[C@H]1CC[C@H]2[C@@H]3CC[C@H]4C[C@H](OC(=O)[C@H](CC(C)C)NC(=O)[C@@H](N)Cc5c[nH]c6ccccc56)CC[C@]4(C)[C@H]3CC[C@]12C. The van der Waals surface area contributed by atoms with Gasteiger partial charge in [-0.15, -0.1) is 0 Å². The molecule has 1 aromatic heterocycles. The van der Waals surface area contributed by atoms with Crippen molar-refractivity contribution in [1.29, 1.82) is 0 Å². The Morgan fingerprint density at radius 2 is 1.73 bits per heavy atom. The van der Waals surface area contributed by atoms with E-state index in [1.807, 2.05) is 37.4 Å². The van der Waals surface area contributed by atoms with Gasteiger partial charge in [0.15, 0.2) is 0 Å². The summed E-state index contributed by atoms with van der Waals surface area (Å²) in [6.45, 7) is 10.9. The monoisotopic (exact) mass is 617 g/mol. The second kappa shape index (κ2) is 12.5. The Bertz CT molecular complexity index is 1420. The first-order chi connectivity index (χ1) is 21.4. The van der Waals surface area contributed by atoms with Gasteiger partial charge in [-0.05, 0) is 130 Å². The molecule has 4 aliphatic rings. The van der Waals surface area contributed by atoms with Gasteiger partial charge < -0.3 is 20.8 Å². The van der Waals surface area contributed by atoms with Crippen LogP contribution in [0.1, 0.15) is 104 Å². The molecule has 7 heteroatoms. The first-order valence-corrected chi connectivity index (χ1v) is 17.7. The highest BCUT2D eigenvalue weighted by Crippen LogP contribution is 2.67. The minimum Gasteiger partial charge on any atom is -0.461 e. The standard InChI is InChI=1S/C38H55N3O4/c1-22(2)18-34(41-35(43)32(39)19-24-21-40-33-9-7-6-8-27(24)33)36(44)45-26-14-16-37(4)25(20-26)10-11-28-30-13-12-29(23(3)42)38(30,5)17-15-31(28)37/h6-9,21-22,25-26,28-32,34,40H,10-20,39H2,1-5H3,(H,41,43)/t25-,26+,28-,29+,30-,31-,32-,34-,37-,38+/m0/s1. The Hall–Kier alpha value is -2.67. The highest BCUT2D eigenvalue weighted by molar-refractivity contribution is 5.89. The van der Waals surface area contributed by atoms with Crippen LogP contribution in [0.15, 0.2) is 30.5 Å². The molecule has 4 aliphatic carbocycles. The maximum Gasteiger partial charge on any atom is 0.328 e.